The first-order valence-electron chi connectivity index (χ1n) is 26.4. The fourth-order valence-electron chi connectivity index (χ4n) is 13.4. The summed E-state index contributed by atoms with van der Waals surface area (Å²) in [6, 6.07) is 112. The molecule has 0 saturated heterocycles. The van der Waals surface area contributed by atoms with Gasteiger partial charge in [0.15, 0.2) is 0 Å². The van der Waals surface area contributed by atoms with Gasteiger partial charge in [-0.25, -0.2) is 0 Å². The molecule has 356 valence electrons. The zero-order valence-electron chi connectivity index (χ0n) is 41.8. The molecule has 0 atom stereocenters. The summed E-state index contributed by atoms with van der Waals surface area (Å²) in [5.41, 5.74) is 23.3. The third-order valence-corrected chi connectivity index (χ3v) is 16.6. The lowest BCUT2D eigenvalue weighted by Gasteiger charge is -2.35. The first kappa shape index (κ1) is 43.8. The molecule has 0 unspecified atom stereocenters. The van der Waals surface area contributed by atoms with Gasteiger partial charge in [0, 0.05) is 33.5 Å². The van der Waals surface area contributed by atoms with Gasteiger partial charge >= 0.3 is 0 Å². The normalized spacial score (nSPS) is 13.5. The maximum atomic E-state index is 2.48. The van der Waals surface area contributed by atoms with Gasteiger partial charge in [-0.1, -0.05) is 243 Å². The molecule has 12 aromatic carbocycles. The first-order valence-corrected chi connectivity index (χ1v) is 26.4. The van der Waals surface area contributed by atoms with E-state index in [-0.39, 0.29) is 0 Å². The molecule has 0 radical (unpaired) electrons. The van der Waals surface area contributed by atoms with Crippen LogP contribution in [0.25, 0.3) is 60.9 Å². The maximum Gasteiger partial charge on any atom is 0.0714 e. The quantitative estimate of drug-likeness (QED) is 0.140. The smallest absolute Gasteiger partial charge is 0.0714 e. The highest BCUT2D eigenvalue weighted by atomic mass is 15.1. The molecule has 15 rings (SSSR count). The van der Waals surface area contributed by atoms with Crippen LogP contribution in [-0.4, -0.2) is 4.57 Å². The van der Waals surface area contributed by atoms with Crippen LogP contribution in [0.4, 0.5) is 17.1 Å². The monoisotopic (exact) mass is 966 g/mol. The van der Waals surface area contributed by atoms with Crippen LogP contribution >= 0.6 is 0 Å². The molecular weight excluding hydrogens is 917 g/mol. The Kier molecular flexibility index (Phi) is 10.0. The summed E-state index contributed by atoms with van der Waals surface area (Å²) in [4.78, 5) is 2.48. The summed E-state index contributed by atoms with van der Waals surface area (Å²) in [5.74, 6) is 0. The van der Waals surface area contributed by atoms with Crippen LogP contribution in [0.1, 0.15) is 44.5 Å². The van der Waals surface area contributed by atoms with Crippen molar-refractivity contribution >= 4 is 38.9 Å². The van der Waals surface area contributed by atoms with Crippen LogP contribution in [-0.2, 0) is 10.8 Å². The Morgan fingerprint density at radius 2 is 0.618 bits per heavy atom. The standard InChI is InChI=1S/C74H50N2/c1-5-21-53(22-6-1)73(54-23-7-2-8-24-54)68-34-18-14-30-62(68)66-49-59(46-48-69(66)73)75(57-41-37-51(38-42-57)52-39-43-58(44-40-52)76-71-35-19-15-31-64(71)65-32-16-20-36-72(65)76)60-45-47-63-61-29-13-17-33-67(61)74(70(63)50-60,55-25-9-3-10-26-55)56-27-11-4-12-28-56/h1-50H. The topological polar surface area (TPSA) is 8.17 Å². The molecule has 2 nitrogen and oxygen atoms in total. The highest BCUT2D eigenvalue weighted by Gasteiger charge is 2.48. The Hall–Kier alpha value is -9.76. The van der Waals surface area contributed by atoms with E-state index in [4.69, 9.17) is 0 Å². The average Bonchev–Trinajstić information content (AvgIpc) is 4.31. The van der Waals surface area contributed by atoms with E-state index >= 15 is 0 Å². The summed E-state index contributed by atoms with van der Waals surface area (Å²) < 4.78 is 2.38. The van der Waals surface area contributed by atoms with E-state index in [9.17, 15) is 0 Å². The highest BCUT2D eigenvalue weighted by molar-refractivity contribution is 6.09. The molecule has 0 aliphatic heterocycles. The van der Waals surface area contributed by atoms with Gasteiger partial charge in [-0.15, -0.1) is 0 Å². The van der Waals surface area contributed by atoms with Crippen molar-refractivity contribution in [2.45, 2.75) is 10.8 Å². The molecule has 2 aliphatic rings. The molecule has 1 heterocycles. The van der Waals surface area contributed by atoms with E-state index < -0.39 is 10.8 Å². The van der Waals surface area contributed by atoms with Crippen LogP contribution in [0.2, 0.25) is 0 Å². The average molecular weight is 967 g/mol. The van der Waals surface area contributed by atoms with E-state index in [0.717, 1.165) is 28.3 Å². The summed E-state index contributed by atoms with van der Waals surface area (Å²) in [7, 11) is 0. The molecule has 13 aromatic rings. The molecule has 0 fully saturated rings. The Balaban J connectivity index is 0.917. The zero-order chi connectivity index (χ0) is 50.2. The van der Waals surface area contributed by atoms with Gasteiger partial charge in [0.25, 0.3) is 0 Å². The molecule has 0 spiro atoms. The van der Waals surface area contributed by atoms with Gasteiger partial charge in [-0.05, 0) is 139 Å². The van der Waals surface area contributed by atoms with Gasteiger partial charge in [0.1, 0.15) is 0 Å². The Morgan fingerprint density at radius 3 is 1.14 bits per heavy atom. The Morgan fingerprint density at radius 1 is 0.250 bits per heavy atom. The third-order valence-electron chi connectivity index (χ3n) is 16.6. The fourth-order valence-corrected chi connectivity index (χ4v) is 13.4. The van der Waals surface area contributed by atoms with Crippen LogP contribution in [0, 0.1) is 0 Å². The molecule has 1 aromatic heterocycles. The number of nitrogens with zero attached hydrogens (tertiary/aromatic N) is 2. The van der Waals surface area contributed by atoms with E-state index in [1.807, 2.05) is 0 Å². The van der Waals surface area contributed by atoms with Crippen LogP contribution in [0.3, 0.4) is 0 Å². The van der Waals surface area contributed by atoms with Crippen molar-refractivity contribution in [1.82, 2.24) is 4.57 Å². The van der Waals surface area contributed by atoms with Crippen LogP contribution < -0.4 is 4.90 Å². The van der Waals surface area contributed by atoms with Crippen molar-refractivity contribution < 1.29 is 0 Å². The minimum atomic E-state index is -0.548. The van der Waals surface area contributed by atoms with Gasteiger partial charge in [0.05, 0.1) is 21.9 Å². The molecule has 0 saturated carbocycles. The van der Waals surface area contributed by atoms with E-state index in [1.165, 1.54) is 94.1 Å². The van der Waals surface area contributed by atoms with Crippen LogP contribution in [0.5, 0.6) is 0 Å². The second-order valence-electron chi connectivity index (χ2n) is 20.3. The van der Waals surface area contributed by atoms with Gasteiger partial charge in [0.2, 0.25) is 0 Å². The molecule has 2 heteroatoms. The lowest BCUT2D eigenvalue weighted by molar-refractivity contribution is 0.768. The van der Waals surface area contributed by atoms with E-state index in [2.05, 4.69) is 313 Å². The number of hydrogen-bond acceptors (Lipinski definition) is 1. The molecule has 0 bridgehead atoms. The largest absolute Gasteiger partial charge is 0.310 e. The third kappa shape index (κ3) is 6.41. The lowest BCUT2D eigenvalue weighted by atomic mass is 9.67. The predicted molar refractivity (Wildman–Crippen MR) is 316 cm³/mol. The SMILES string of the molecule is c1ccc(C2(c3ccccc3)c3ccccc3-c3cc(N(c4ccc(-c5ccc(-n6c7ccccc7c7ccccc76)cc5)cc4)c4ccc5c(c4)C(c4ccccc4)(c4ccccc4)c4ccccc4-5)ccc32)cc1. The fraction of sp³-hybridized carbons (Fsp3) is 0.0270. The number of benzene rings is 12. The molecule has 0 N–H and O–H groups in total. The number of rotatable bonds is 9. The number of aromatic nitrogens is 1. The van der Waals surface area contributed by atoms with Gasteiger partial charge in [-0.3, -0.25) is 0 Å². The summed E-state index contributed by atoms with van der Waals surface area (Å²) in [5, 5.41) is 2.53. The summed E-state index contributed by atoms with van der Waals surface area (Å²) in [6.45, 7) is 0. The minimum absolute atomic E-state index is 0.499. The Bertz CT molecular complexity index is 4180. The highest BCUT2D eigenvalue weighted by Crippen LogP contribution is 2.59. The number of fused-ring (bicyclic) bond motifs is 9. The van der Waals surface area contributed by atoms with Crippen molar-refractivity contribution in [3.05, 3.63) is 348 Å². The van der Waals surface area contributed by atoms with Crippen LogP contribution in [0.15, 0.2) is 303 Å². The lowest BCUT2D eigenvalue weighted by Crippen LogP contribution is -2.28. The van der Waals surface area contributed by atoms with Crippen molar-refractivity contribution in [2.75, 3.05) is 4.90 Å². The molecule has 76 heavy (non-hydrogen) atoms. The van der Waals surface area contributed by atoms with Crippen molar-refractivity contribution in [3.63, 3.8) is 0 Å². The van der Waals surface area contributed by atoms with E-state index in [0.29, 0.717) is 0 Å². The predicted octanol–water partition coefficient (Wildman–Crippen LogP) is 18.6. The van der Waals surface area contributed by atoms with Gasteiger partial charge < -0.3 is 9.47 Å². The first-order chi connectivity index (χ1) is 37.7. The Labute approximate surface area is 443 Å². The second-order valence-corrected chi connectivity index (χ2v) is 20.3. The number of anilines is 3. The zero-order valence-corrected chi connectivity index (χ0v) is 41.8. The molecular formula is C74H50N2. The van der Waals surface area contributed by atoms with Gasteiger partial charge in [-0.2, -0.15) is 0 Å². The number of para-hydroxylation sites is 2. The van der Waals surface area contributed by atoms with Crippen molar-refractivity contribution in [2.24, 2.45) is 0 Å². The summed E-state index contributed by atoms with van der Waals surface area (Å²) >= 11 is 0. The minimum Gasteiger partial charge on any atom is -0.310 e. The number of hydrogen-bond donors (Lipinski definition) is 0. The maximum absolute atomic E-state index is 2.48. The molecule has 2 aliphatic carbocycles. The van der Waals surface area contributed by atoms with E-state index in [1.54, 1.807) is 0 Å². The summed E-state index contributed by atoms with van der Waals surface area (Å²) in [6.07, 6.45) is 0. The molecule has 0 amide bonds. The second kappa shape index (κ2) is 17.4. The van der Waals surface area contributed by atoms with Crippen molar-refractivity contribution in [3.8, 4) is 39.1 Å². The van der Waals surface area contributed by atoms with Crippen molar-refractivity contribution in [1.29, 1.82) is 0 Å².